The van der Waals surface area contributed by atoms with E-state index < -0.39 is 22.5 Å². The van der Waals surface area contributed by atoms with Crippen molar-refractivity contribution in [2.75, 3.05) is 17.1 Å². The predicted molar refractivity (Wildman–Crippen MR) is 111 cm³/mol. The molecule has 7 nitrogen and oxygen atoms in total. The van der Waals surface area contributed by atoms with Gasteiger partial charge in [-0.15, -0.1) is 0 Å². The minimum Gasteiger partial charge on any atom is -0.497 e. The number of carbonyl (C=O) groups is 1. The average molecular weight is 448 g/mol. The number of methoxy groups -OCH3 is 1. The van der Waals surface area contributed by atoms with Crippen LogP contribution in [0.4, 0.5) is 20.2 Å². The van der Waals surface area contributed by atoms with Gasteiger partial charge in [0.15, 0.2) is 0 Å². The third-order valence-electron chi connectivity index (χ3n) is 4.11. The summed E-state index contributed by atoms with van der Waals surface area (Å²) < 4.78 is 61.1. The van der Waals surface area contributed by atoms with Gasteiger partial charge in [-0.05, 0) is 72.8 Å². The highest BCUT2D eigenvalue weighted by Gasteiger charge is 2.15. The number of alkyl halides is 2. The van der Waals surface area contributed by atoms with E-state index >= 15 is 0 Å². The fraction of sp³-hybridized carbons (Fsp3) is 0.0952. The lowest BCUT2D eigenvalue weighted by Gasteiger charge is -2.10. The first-order valence-electron chi connectivity index (χ1n) is 8.90. The van der Waals surface area contributed by atoms with Gasteiger partial charge in [0.25, 0.3) is 15.9 Å². The molecular formula is C21H18F2N2O5S. The normalized spacial score (nSPS) is 11.1. The Hall–Kier alpha value is -3.66. The third kappa shape index (κ3) is 5.92. The molecule has 2 N–H and O–H groups in total. The number of benzene rings is 3. The molecule has 3 rings (SSSR count). The van der Waals surface area contributed by atoms with Crippen LogP contribution in [0, 0.1) is 0 Å². The molecule has 3 aromatic carbocycles. The van der Waals surface area contributed by atoms with Crippen molar-refractivity contribution in [1.82, 2.24) is 0 Å². The number of rotatable bonds is 8. The highest BCUT2D eigenvalue weighted by molar-refractivity contribution is 7.92. The van der Waals surface area contributed by atoms with Gasteiger partial charge in [0, 0.05) is 16.9 Å². The zero-order chi connectivity index (χ0) is 22.4. The lowest BCUT2D eigenvalue weighted by Crippen LogP contribution is -2.14. The molecule has 1 amide bonds. The summed E-state index contributed by atoms with van der Waals surface area (Å²) in [7, 11) is -2.34. The number of hydrogen-bond donors (Lipinski definition) is 2. The van der Waals surface area contributed by atoms with Crippen LogP contribution in [-0.4, -0.2) is 28.0 Å². The summed E-state index contributed by atoms with van der Waals surface area (Å²) in [6.45, 7) is -2.94. The molecule has 0 unspecified atom stereocenters. The van der Waals surface area contributed by atoms with Crippen LogP contribution in [0.1, 0.15) is 10.4 Å². The smallest absolute Gasteiger partial charge is 0.387 e. The summed E-state index contributed by atoms with van der Waals surface area (Å²) in [5.41, 5.74) is 0.947. The molecule has 0 heterocycles. The van der Waals surface area contributed by atoms with E-state index in [1.165, 1.54) is 55.6 Å². The molecule has 0 radical (unpaired) electrons. The largest absolute Gasteiger partial charge is 0.497 e. The Morgan fingerprint density at radius 2 is 1.39 bits per heavy atom. The quantitative estimate of drug-likeness (QED) is 0.534. The van der Waals surface area contributed by atoms with Gasteiger partial charge in [0.05, 0.1) is 12.0 Å². The maximum Gasteiger partial charge on any atom is 0.387 e. The first-order valence-corrected chi connectivity index (χ1v) is 10.4. The summed E-state index contributed by atoms with van der Waals surface area (Å²) in [4.78, 5) is 12.3. The van der Waals surface area contributed by atoms with Crippen LogP contribution in [0.15, 0.2) is 77.7 Å². The molecule has 10 heteroatoms. The van der Waals surface area contributed by atoms with Crippen LogP contribution in [0.25, 0.3) is 0 Å². The second-order valence-electron chi connectivity index (χ2n) is 6.22. The van der Waals surface area contributed by atoms with Gasteiger partial charge >= 0.3 is 6.61 Å². The standard InChI is InChI=1S/C21H18F2N2O5S/c1-29-17-8-6-16(7-9-17)25-31(27,28)19-12-2-14(3-13-19)20(26)24-15-4-10-18(11-5-15)30-21(22)23/h2-13,21,25H,1H3,(H,24,26). The molecule has 0 atom stereocenters. The Kier molecular flexibility index (Phi) is 6.71. The minimum absolute atomic E-state index is 0.0200. The Bertz CT molecular complexity index is 1130. The fourth-order valence-electron chi connectivity index (χ4n) is 2.58. The molecule has 0 saturated carbocycles. The van der Waals surface area contributed by atoms with Gasteiger partial charge in [0.1, 0.15) is 11.5 Å². The third-order valence-corrected chi connectivity index (χ3v) is 5.50. The lowest BCUT2D eigenvalue weighted by atomic mass is 10.2. The molecule has 0 saturated heterocycles. The van der Waals surface area contributed by atoms with E-state index in [-0.39, 0.29) is 16.2 Å². The highest BCUT2D eigenvalue weighted by atomic mass is 32.2. The number of anilines is 2. The number of amides is 1. The number of ether oxygens (including phenoxy) is 2. The molecule has 0 fully saturated rings. The van der Waals surface area contributed by atoms with Gasteiger partial charge in [-0.3, -0.25) is 9.52 Å². The monoisotopic (exact) mass is 448 g/mol. The van der Waals surface area contributed by atoms with Crippen molar-refractivity contribution in [1.29, 1.82) is 0 Å². The van der Waals surface area contributed by atoms with Crippen molar-refractivity contribution < 1.29 is 31.5 Å². The topological polar surface area (TPSA) is 93.7 Å². The Morgan fingerprint density at radius 3 is 1.94 bits per heavy atom. The summed E-state index contributed by atoms with van der Waals surface area (Å²) in [6, 6.07) is 17.1. The van der Waals surface area contributed by atoms with Crippen LogP contribution >= 0.6 is 0 Å². The number of nitrogens with one attached hydrogen (secondary N) is 2. The van der Waals surface area contributed by atoms with Crippen molar-refractivity contribution in [3.8, 4) is 11.5 Å². The fourth-order valence-corrected chi connectivity index (χ4v) is 3.64. The molecule has 0 spiro atoms. The maximum absolute atomic E-state index is 12.5. The molecule has 0 aliphatic rings. The summed E-state index contributed by atoms with van der Waals surface area (Å²) in [5.74, 6) is 0.0657. The Balaban J connectivity index is 1.66. The van der Waals surface area contributed by atoms with E-state index in [9.17, 15) is 22.0 Å². The Morgan fingerprint density at radius 1 is 0.839 bits per heavy atom. The SMILES string of the molecule is COc1ccc(NS(=O)(=O)c2ccc(C(=O)Nc3ccc(OC(F)F)cc3)cc2)cc1. The van der Waals surface area contributed by atoms with Crippen molar-refractivity contribution in [3.63, 3.8) is 0 Å². The van der Waals surface area contributed by atoms with E-state index in [4.69, 9.17) is 4.74 Å². The van der Waals surface area contributed by atoms with Gasteiger partial charge in [-0.25, -0.2) is 8.42 Å². The first-order chi connectivity index (χ1) is 14.8. The van der Waals surface area contributed by atoms with Crippen molar-refractivity contribution in [2.45, 2.75) is 11.5 Å². The second kappa shape index (κ2) is 9.43. The molecule has 0 aliphatic carbocycles. The van der Waals surface area contributed by atoms with E-state index in [0.717, 1.165) is 0 Å². The molecule has 31 heavy (non-hydrogen) atoms. The van der Waals surface area contributed by atoms with Crippen LogP contribution in [0.3, 0.4) is 0 Å². The van der Waals surface area contributed by atoms with Crippen LogP contribution in [-0.2, 0) is 10.0 Å². The summed E-state index contributed by atoms with van der Waals surface area (Å²) in [6.07, 6.45) is 0. The summed E-state index contributed by atoms with van der Waals surface area (Å²) >= 11 is 0. The molecule has 0 bridgehead atoms. The van der Waals surface area contributed by atoms with Gasteiger partial charge < -0.3 is 14.8 Å². The van der Waals surface area contributed by atoms with Gasteiger partial charge in [-0.1, -0.05) is 0 Å². The predicted octanol–water partition coefficient (Wildman–Crippen LogP) is 4.35. The van der Waals surface area contributed by atoms with E-state index in [1.54, 1.807) is 24.3 Å². The lowest BCUT2D eigenvalue weighted by molar-refractivity contribution is -0.0498. The zero-order valence-corrected chi connectivity index (χ0v) is 17.0. The molecule has 0 aliphatic heterocycles. The summed E-state index contributed by atoms with van der Waals surface area (Å²) in [5, 5.41) is 2.59. The van der Waals surface area contributed by atoms with Gasteiger partial charge in [0.2, 0.25) is 0 Å². The van der Waals surface area contributed by atoms with E-state index in [2.05, 4.69) is 14.8 Å². The molecule has 0 aromatic heterocycles. The number of halogens is 2. The maximum atomic E-state index is 12.5. The molecule has 162 valence electrons. The van der Waals surface area contributed by atoms with Crippen LogP contribution < -0.4 is 19.5 Å². The van der Waals surface area contributed by atoms with Gasteiger partial charge in [-0.2, -0.15) is 8.78 Å². The molecular weight excluding hydrogens is 430 g/mol. The average Bonchev–Trinajstić information content (AvgIpc) is 2.75. The van der Waals surface area contributed by atoms with Crippen molar-refractivity contribution in [3.05, 3.63) is 78.4 Å². The van der Waals surface area contributed by atoms with E-state index in [1.807, 2.05) is 0 Å². The van der Waals surface area contributed by atoms with Crippen molar-refractivity contribution in [2.24, 2.45) is 0 Å². The highest BCUT2D eigenvalue weighted by Crippen LogP contribution is 2.21. The first kappa shape index (κ1) is 22.0. The van der Waals surface area contributed by atoms with Crippen LogP contribution in [0.5, 0.6) is 11.5 Å². The zero-order valence-electron chi connectivity index (χ0n) is 16.2. The van der Waals surface area contributed by atoms with E-state index in [0.29, 0.717) is 17.1 Å². The van der Waals surface area contributed by atoms with Crippen molar-refractivity contribution >= 4 is 27.3 Å². The Labute approximate surface area is 177 Å². The number of hydrogen-bond acceptors (Lipinski definition) is 5. The number of carbonyl (C=O) groups excluding carboxylic acids is 1. The minimum atomic E-state index is -3.85. The molecule has 3 aromatic rings. The second-order valence-corrected chi connectivity index (χ2v) is 7.90. The van der Waals surface area contributed by atoms with Crippen LogP contribution in [0.2, 0.25) is 0 Å². The number of sulfonamides is 1.